The van der Waals surface area contributed by atoms with Crippen LogP contribution in [0.2, 0.25) is 0 Å². The Balaban J connectivity index is 0.00000361. The normalized spacial score (nSPS) is 16.6. The van der Waals surface area contributed by atoms with E-state index in [1.165, 1.54) is 0 Å². The van der Waals surface area contributed by atoms with Crippen LogP contribution in [0.15, 0.2) is 0 Å². The van der Waals surface area contributed by atoms with Gasteiger partial charge in [-0.05, 0) is 25.8 Å². The molecule has 1 aliphatic rings. The van der Waals surface area contributed by atoms with E-state index in [2.05, 4.69) is 20.9 Å². The van der Waals surface area contributed by atoms with Crippen LogP contribution in [-0.4, -0.2) is 56.1 Å². The van der Waals surface area contributed by atoms with Gasteiger partial charge in [-0.1, -0.05) is 13.8 Å². The van der Waals surface area contributed by atoms with Crippen molar-refractivity contribution in [1.29, 1.82) is 0 Å². The Labute approximate surface area is 127 Å². The van der Waals surface area contributed by atoms with Crippen LogP contribution in [0.4, 0.5) is 4.79 Å². The molecule has 0 bridgehead atoms. The van der Waals surface area contributed by atoms with Gasteiger partial charge in [0.1, 0.15) is 0 Å². The van der Waals surface area contributed by atoms with Crippen molar-refractivity contribution >= 4 is 24.3 Å². The Morgan fingerprint density at radius 3 is 2.35 bits per heavy atom. The largest absolute Gasteiger partial charge is 0.338 e. The molecule has 3 amide bonds. The lowest BCUT2D eigenvalue weighted by Crippen LogP contribution is -2.48. The van der Waals surface area contributed by atoms with E-state index in [-0.39, 0.29) is 18.3 Å². The van der Waals surface area contributed by atoms with Crippen molar-refractivity contribution in [3.8, 4) is 0 Å². The van der Waals surface area contributed by atoms with E-state index in [1.54, 1.807) is 0 Å². The van der Waals surface area contributed by atoms with E-state index in [0.29, 0.717) is 25.0 Å². The highest BCUT2D eigenvalue weighted by Gasteiger charge is 2.20. The summed E-state index contributed by atoms with van der Waals surface area (Å²) in [5.74, 6) is 0.144. The summed E-state index contributed by atoms with van der Waals surface area (Å²) in [7, 11) is 1.96. The number of carbonyl (C=O) groups is 2. The van der Waals surface area contributed by atoms with Crippen molar-refractivity contribution < 1.29 is 9.59 Å². The first-order valence-electron chi connectivity index (χ1n) is 6.98. The maximum absolute atomic E-state index is 11.7. The smallest absolute Gasteiger partial charge is 0.321 e. The van der Waals surface area contributed by atoms with E-state index in [1.807, 2.05) is 20.9 Å². The molecule has 118 valence electrons. The molecule has 0 aliphatic carbocycles. The Bertz CT molecular complexity index is 305. The van der Waals surface area contributed by atoms with E-state index in [0.717, 1.165) is 25.9 Å². The second-order valence-corrected chi connectivity index (χ2v) is 5.49. The molecule has 0 aromatic carbocycles. The lowest BCUT2D eigenvalue weighted by molar-refractivity contribution is -0.121. The molecule has 0 unspecified atom stereocenters. The summed E-state index contributed by atoms with van der Waals surface area (Å²) in [6, 6.07) is 0.150. The highest BCUT2D eigenvalue weighted by atomic mass is 35.5. The summed E-state index contributed by atoms with van der Waals surface area (Å²) in [6.45, 7) is 6.68. The van der Waals surface area contributed by atoms with Crippen molar-refractivity contribution in [2.45, 2.75) is 32.7 Å². The molecule has 0 aromatic heterocycles. The number of nitrogens with zero attached hydrogens (tertiary/aromatic N) is 1. The molecule has 0 radical (unpaired) electrons. The van der Waals surface area contributed by atoms with Gasteiger partial charge in [0.15, 0.2) is 0 Å². The Morgan fingerprint density at radius 2 is 1.85 bits per heavy atom. The Kier molecular flexibility index (Phi) is 9.54. The Hall–Kier alpha value is -0.850. The lowest BCUT2D eigenvalue weighted by atomic mass is 10.1. The SMILES string of the molecule is CNC1CCN(CC(=O)NC(=O)NCC(C)C)CC1.Cl. The second kappa shape index (κ2) is 9.96. The highest BCUT2D eigenvalue weighted by Crippen LogP contribution is 2.08. The van der Waals surface area contributed by atoms with Crippen LogP contribution < -0.4 is 16.0 Å². The fourth-order valence-electron chi connectivity index (χ4n) is 2.09. The molecule has 1 heterocycles. The minimum Gasteiger partial charge on any atom is -0.338 e. The number of carbonyl (C=O) groups excluding carboxylic acids is 2. The standard InChI is InChI=1S/C13H26N4O2.ClH/c1-10(2)8-15-13(19)16-12(18)9-17-6-4-11(14-3)5-7-17;/h10-11,14H,4-9H2,1-3H3,(H2,15,16,18,19);1H. The minimum absolute atomic E-state index is 0. The number of nitrogens with one attached hydrogen (secondary N) is 3. The molecule has 0 saturated carbocycles. The molecular weight excluding hydrogens is 280 g/mol. The number of imide groups is 1. The van der Waals surface area contributed by atoms with Gasteiger partial charge in [0.05, 0.1) is 6.54 Å². The monoisotopic (exact) mass is 306 g/mol. The number of hydrogen-bond acceptors (Lipinski definition) is 4. The van der Waals surface area contributed by atoms with Crippen LogP contribution in [0.3, 0.4) is 0 Å². The maximum atomic E-state index is 11.7. The number of rotatable bonds is 5. The topological polar surface area (TPSA) is 73.5 Å². The number of amides is 3. The number of urea groups is 1. The van der Waals surface area contributed by atoms with E-state index >= 15 is 0 Å². The van der Waals surface area contributed by atoms with E-state index < -0.39 is 6.03 Å². The number of halogens is 1. The number of piperidine rings is 1. The predicted octanol–water partition coefficient (Wildman–Crippen LogP) is 0.574. The van der Waals surface area contributed by atoms with Crippen molar-refractivity contribution in [2.24, 2.45) is 5.92 Å². The third kappa shape index (κ3) is 7.67. The first kappa shape index (κ1) is 19.1. The van der Waals surface area contributed by atoms with Gasteiger partial charge in [0, 0.05) is 25.7 Å². The molecule has 1 aliphatic heterocycles. The first-order valence-corrected chi connectivity index (χ1v) is 6.98. The molecule has 1 fully saturated rings. The Morgan fingerprint density at radius 1 is 1.25 bits per heavy atom. The van der Waals surface area contributed by atoms with Crippen LogP contribution >= 0.6 is 12.4 Å². The van der Waals surface area contributed by atoms with Crippen LogP contribution in [-0.2, 0) is 4.79 Å². The van der Waals surface area contributed by atoms with Crippen LogP contribution in [0, 0.1) is 5.92 Å². The molecule has 3 N–H and O–H groups in total. The van der Waals surface area contributed by atoms with Gasteiger partial charge >= 0.3 is 6.03 Å². The van der Waals surface area contributed by atoms with Gasteiger partial charge in [0.25, 0.3) is 0 Å². The highest BCUT2D eigenvalue weighted by molar-refractivity contribution is 5.95. The van der Waals surface area contributed by atoms with Gasteiger partial charge in [-0.2, -0.15) is 0 Å². The molecule has 0 atom stereocenters. The zero-order valence-corrected chi connectivity index (χ0v) is 13.4. The summed E-state index contributed by atoms with van der Waals surface area (Å²) < 4.78 is 0. The molecule has 7 heteroatoms. The van der Waals surface area contributed by atoms with Crippen molar-refractivity contribution in [2.75, 3.05) is 33.2 Å². The molecule has 1 saturated heterocycles. The third-order valence-electron chi connectivity index (χ3n) is 3.29. The molecular formula is C13H27ClN4O2. The summed E-state index contributed by atoms with van der Waals surface area (Å²) >= 11 is 0. The molecule has 20 heavy (non-hydrogen) atoms. The summed E-state index contributed by atoms with van der Waals surface area (Å²) in [6.07, 6.45) is 2.09. The fourth-order valence-corrected chi connectivity index (χ4v) is 2.09. The van der Waals surface area contributed by atoms with Crippen LogP contribution in [0.1, 0.15) is 26.7 Å². The molecule has 1 rings (SSSR count). The van der Waals surface area contributed by atoms with Crippen molar-refractivity contribution in [1.82, 2.24) is 20.9 Å². The summed E-state index contributed by atoms with van der Waals surface area (Å²) in [4.78, 5) is 25.2. The van der Waals surface area contributed by atoms with Crippen molar-refractivity contribution in [3.05, 3.63) is 0 Å². The lowest BCUT2D eigenvalue weighted by Gasteiger charge is -2.31. The fraction of sp³-hybridized carbons (Fsp3) is 0.846. The molecule has 6 nitrogen and oxygen atoms in total. The number of hydrogen-bond donors (Lipinski definition) is 3. The zero-order chi connectivity index (χ0) is 14.3. The average Bonchev–Trinajstić information content (AvgIpc) is 2.37. The van der Waals surface area contributed by atoms with Gasteiger partial charge in [0.2, 0.25) is 5.91 Å². The molecule has 0 aromatic rings. The van der Waals surface area contributed by atoms with Gasteiger partial charge in [-0.25, -0.2) is 4.79 Å². The van der Waals surface area contributed by atoms with Crippen LogP contribution in [0.5, 0.6) is 0 Å². The van der Waals surface area contributed by atoms with E-state index in [9.17, 15) is 9.59 Å². The van der Waals surface area contributed by atoms with E-state index in [4.69, 9.17) is 0 Å². The third-order valence-corrected chi connectivity index (χ3v) is 3.29. The summed E-state index contributed by atoms with van der Waals surface area (Å²) in [5.41, 5.74) is 0. The first-order chi connectivity index (χ1) is 9.01. The maximum Gasteiger partial charge on any atom is 0.321 e. The van der Waals surface area contributed by atoms with Gasteiger partial charge in [-0.15, -0.1) is 12.4 Å². The molecule has 0 spiro atoms. The van der Waals surface area contributed by atoms with Gasteiger partial charge in [-0.3, -0.25) is 15.0 Å². The number of likely N-dealkylation sites (tertiary alicyclic amines) is 1. The predicted molar refractivity (Wildman–Crippen MR) is 82.1 cm³/mol. The van der Waals surface area contributed by atoms with Crippen LogP contribution in [0.25, 0.3) is 0 Å². The summed E-state index contributed by atoms with van der Waals surface area (Å²) in [5, 5.41) is 8.27. The zero-order valence-electron chi connectivity index (χ0n) is 12.6. The quantitative estimate of drug-likeness (QED) is 0.694. The van der Waals surface area contributed by atoms with Crippen molar-refractivity contribution in [3.63, 3.8) is 0 Å². The van der Waals surface area contributed by atoms with Gasteiger partial charge < -0.3 is 10.6 Å². The average molecular weight is 307 g/mol. The minimum atomic E-state index is -0.399. The second-order valence-electron chi connectivity index (χ2n) is 5.49.